The summed E-state index contributed by atoms with van der Waals surface area (Å²) in [4.78, 5) is 12.4. The molecule has 0 saturated heterocycles. The number of rotatable bonds is 6. The lowest BCUT2D eigenvalue weighted by molar-refractivity contribution is -0.134. The lowest BCUT2D eigenvalue weighted by atomic mass is 9.89. The first-order chi connectivity index (χ1) is 15.9. The van der Waals surface area contributed by atoms with Gasteiger partial charge in [-0.1, -0.05) is 78.8 Å². The number of halogens is 1. The first kappa shape index (κ1) is 22.4. The van der Waals surface area contributed by atoms with Crippen LogP contribution in [0.5, 0.6) is 0 Å². The predicted molar refractivity (Wildman–Crippen MR) is 132 cm³/mol. The van der Waals surface area contributed by atoms with Crippen LogP contribution in [-0.2, 0) is 16.1 Å². The largest absolute Gasteiger partial charge is 0.486 e. The van der Waals surface area contributed by atoms with E-state index >= 15 is 0 Å². The van der Waals surface area contributed by atoms with Crippen molar-refractivity contribution in [2.75, 3.05) is 0 Å². The summed E-state index contributed by atoms with van der Waals surface area (Å²) in [7, 11) is 0. The van der Waals surface area contributed by atoms with Gasteiger partial charge < -0.3 is 9.84 Å². The van der Waals surface area contributed by atoms with Crippen molar-refractivity contribution in [2.45, 2.75) is 20.5 Å². The molecule has 3 aromatic rings. The van der Waals surface area contributed by atoms with Crippen LogP contribution in [0.2, 0.25) is 5.02 Å². The van der Waals surface area contributed by atoms with Crippen LogP contribution in [0.4, 0.5) is 0 Å². The Bertz CT molecular complexity index is 1290. The minimum Gasteiger partial charge on any atom is -0.486 e. The number of hydrogen-bond acceptors (Lipinski definition) is 4. The fraction of sp³-hybridized carbons (Fsp3) is 0.111. The van der Waals surface area contributed by atoms with Crippen molar-refractivity contribution < 1.29 is 14.6 Å². The van der Waals surface area contributed by atoms with Crippen LogP contribution in [0.3, 0.4) is 0 Å². The van der Waals surface area contributed by atoms with Crippen molar-refractivity contribution in [3.8, 4) is 11.1 Å². The minimum atomic E-state index is -1.15. The van der Waals surface area contributed by atoms with Gasteiger partial charge in [-0.15, -0.1) is 0 Å². The molecule has 4 rings (SSSR count). The fourth-order valence-corrected chi connectivity index (χ4v) is 3.98. The van der Waals surface area contributed by atoms with Crippen LogP contribution in [0.1, 0.15) is 30.5 Å². The molecule has 1 aliphatic rings. The topological polar surface area (TPSA) is 62.1 Å². The number of carboxylic acids is 1. The molecule has 5 nitrogen and oxygen atoms in total. The Labute approximate surface area is 197 Å². The number of hydrogen-bond donors (Lipinski definition) is 1. The molecule has 0 radical (unpaired) electrons. The molecule has 1 N–H and O–H groups in total. The van der Waals surface area contributed by atoms with Gasteiger partial charge in [0, 0.05) is 21.9 Å². The highest BCUT2D eigenvalue weighted by molar-refractivity contribution is 6.30. The third kappa shape index (κ3) is 4.54. The monoisotopic (exact) mass is 458 g/mol. The summed E-state index contributed by atoms with van der Waals surface area (Å²) >= 11 is 6.26. The van der Waals surface area contributed by atoms with Crippen LogP contribution in [0, 0.1) is 0 Å². The zero-order chi connectivity index (χ0) is 23.5. The van der Waals surface area contributed by atoms with Crippen LogP contribution in [0.15, 0.2) is 90.2 Å². The number of benzene rings is 3. The van der Waals surface area contributed by atoms with E-state index in [1.807, 2.05) is 72.8 Å². The molecule has 0 fully saturated rings. The van der Waals surface area contributed by atoms with E-state index in [1.54, 1.807) is 13.8 Å². The molecule has 1 heterocycles. The van der Waals surface area contributed by atoms with E-state index in [4.69, 9.17) is 16.3 Å². The first-order valence-electron chi connectivity index (χ1n) is 10.4. The van der Waals surface area contributed by atoms with E-state index in [2.05, 4.69) is 11.7 Å². The van der Waals surface area contributed by atoms with Gasteiger partial charge in [0.25, 0.3) is 0 Å². The van der Waals surface area contributed by atoms with Gasteiger partial charge in [-0.3, -0.25) is 0 Å². The van der Waals surface area contributed by atoms with Gasteiger partial charge in [0.05, 0.1) is 5.70 Å². The van der Waals surface area contributed by atoms with E-state index in [0.29, 0.717) is 22.0 Å². The molecule has 33 heavy (non-hydrogen) atoms. The number of aliphatic carboxylic acids is 1. The molecule has 0 spiro atoms. The van der Waals surface area contributed by atoms with Crippen molar-refractivity contribution in [1.82, 2.24) is 5.01 Å². The Kier molecular flexibility index (Phi) is 6.33. The number of carboxylic acid groups (broad SMARTS) is 1. The number of carbonyl (C=O) groups is 1. The van der Waals surface area contributed by atoms with Gasteiger partial charge in [0.1, 0.15) is 6.61 Å². The highest BCUT2D eigenvalue weighted by Gasteiger charge is 2.35. The molecule has 0 bridgehead atoms. The molecule has 166 valence electrons. The summed E-state index contributed by atoms with van der Waals surface area (Å²) in [5.74, 6) is -0.911. The second-order valence-corrected chi connectivity index (χ2v) is 8.24. The Morgan fingerprint density at radius 3 is 2.39 bits per heavy atom. The minimum absolute atomic E-state index is 0.0760. The lowest BCUT2D eigenvalue weighted by Gasteiger charge is -2.32. The number of fused-ring (bicyclic) bond motifs is 1. The van der Waals surface area contributed by atoms with Gasteiger partial charge >= 0.3 is 5.97 Å². The molecule has 0 unspecified atom stereocenters. The fourth-order valence-electron chi connectivity index (χ4n) is 3.79. The lowest BCUT2D eigenvalue weighted by Crippen LogP contribution is -2.28. The molecule has 0 amide bonds. The summed E-state index contributed by atoms with van der Waals surface area (Å²) in [5, 5.41) is 16.6. The van der Waals surface area contributed by atoms with E-state index in [0.717, 1.165) is 22.3 Å². The normalized spacial score (nSPS) is 12.9. The van der Waals surface area contributed by atoms with Gasteiger partial charge in [-0.25, -0.2) is 9.80 Å². The molecule has 0 atom stereocenters. The Morgan fingerprint density at radius 1 is 1.03 bits per heavy atom. The van der Waals surface area contributed by atoms with Gasteiger partial charge in [0.15, 0.2) is 11.5 Å². The maximum absolute atomic E-state index is 12.4. The second-order valence-electron chi connectivity index (χ2n) is 7.80. The average Bonchev–Trinajstić information content (AvgIpc) is 2.79. The molecule has 0 saturated carbocycles. The van der Waals surface area contributed by atoms with E-state index in [-0.39, 0.29) is 18.1 Å². The SMILES string of the molecule is C=C1c2c(cccc2-c2cccc(Cl)c2)C(OCc2ccccc2)=C(C(=O)O)N1N=C(C)C. The van der Waals surface area contributed by atoms with Gasteiger partial charge in [0.2, 0.25) is 0 Å². The van der Waals surface area contributed by atoms with Crippen molar-refractivity contribution >= 4 is 34.7 Å². The van der Waals surface area contributed by atoms with Crippen molar-refractivity contribution in [1.29, 1.82) is 0 Å². The quantitative estimate of drug-likeness (QED) is 0.419. The highest BCUT2D eigenvalue weighted by atomic mass is 35.5. The molecule has 0 aromatic heterocycles. The van der Waals surface area contributed by atoms with Crippen LogP contribution in [0.25, 0.3) is 22.6 Å². The van der Waals surface area contributed by atoms with E-state index in [9.17, 15) is 9.90 Å². The molecule has 3 aromatic carbocycles. The van der Waals surface area contributed by atoms with Crippen LogP contribution in [-0.4, -0.2) is 21.8 Å². The van der Waals surface area contributed by atoms with Crippen molar-refractivity contribution in [3.05, 3.63) is 107 Å². The molecular weight excluding hydrogens is 436 g/mol. The Morgan fingerprint density at radius 2 is 1.73 bits per heavy atom. The van der Waals surface area contributed by atoms with Crippen LogP contribution < -0.4 is 0 Å². The van der Waals surface area contributed by atoms with Crippen molar-refractivity contribution in [3.63, 3.8) is 0 Å². The summed E-state index contributed by atoms with van der Waals surface area (Å²) in [6, 6.07) is 22.8. The van der Waals surface area contributed by atoms with Gasteiger partial charge in [-0.2, -0.15) is 5.10 Å². The Hall–Kier alpha value is -3.83. The zero-order valence-electron chi connectivity index (χ0n) is 18.4. The molecule has 0 aliphatic carbocycles. The molecule has 1 aliphatic heterocycles. The standard InChI is InChI=1S/C27H23ClN2O3/c1-17(2)29-30-18(3)24-22(20-11-7-12-21(28)15-20)13-8-14-23(24)26(25(30)27(31)32)33-16-19-9-5-4-6-10-19/h4-15H,3,16H2,1-2H3,(H,31,32). The highest BCUT2D eigenvalue weighted by Crippen LogP contribution is 2.44. The van der Waals surface area contributed by atoms with Gasteiger partial charge in [-0.05, 0) is 42.7 Å². The second kappa shape index (κ2) is 9.35. The third-order valence-corrected chi connectivity index (χ3v) is 5.38. The summed E-state index contributed by atoms with van der Waals surface area (Å²) in [6.45, 7) is 8.03. The molecule has 6 heteroatoms. The Balaban J connectivity index is 1.94. The maximum atomic E-state index is 12.4. The average molecular weight is 459 g/mol. The van der Waals surface area contributed by atoms with Crippen molar-refractivity contribution in [2.24, 2.45) is 5.10 Å². The predicted octanol–water partition coefficient (Wildman–Crippen LogP) is 6.66. The summed E-state index contributed by atoms with van der Waals surface area (Å²) < 4.78 is 6.16. The summed E-state index contributed by atoms with van der Waals surface area (Å²) in [5.41, 5.74) is 5.12. The summed E-state index contributed by atoms with van der Waals surface area (Å²) in [6.07, 6.45) is 0. The maximum Gasteiger partial charge on any atom is 0.358 e. The first-order valence-corrected chi connectivity index (χ1v) is 10.8. The number of nitrogens with zero attached hydrogens (tertiary/aromatic N) is 2. The van der Waals surface area contributed by atoms with E-state index < -0.39 is 5.97 Å². The zero-order valence-corrected chi connectivity index (χ0v) is 19.1. The number of ether oxygens (including phenoxy) is 1. The smallest absolute Gasteiger partial charge is 0.358 e. The number of hydrazone groups is 1. The molecular formula is C27H23ClN2O3. The van der Waals surface area contributed by atoms with Crippen LogP contribution >= 0.6 is 11.6 Å². The van der Waals surface area contributed by atoms with E-state index in [1.165, 1.54) is 5.01 Å². The third-order valence-electron chi connectivity index (χ3n) is 5.14.